The molecule has 0 aromatic heterocycles. The van der Waals surface area contributed by atoms with E-state index in [0.717, 1.165) is 38.8 Å². The Morgan fingerprint density at radius 2 is 1.97 bits per heavy atom. The number of hydrogen-bond donors (Lipinski definition) is 2. The summed E-state index contributed by atoms with van der Waals surface area (Å²) in [5.41, 5.74) is 0.478. The number of amidine groups is 1. The zero-order chi connectivity index (χ0) is 20.9. The van der Waals surface area contributed by atoms with Gasteiger partial charge in [-0.25, -0.2) is 8.42 Å². The summed E-state index contributed by atoms with van der Waals surface area (Å²) in [4.78, 5) is 31.3. The molecule has 3 rings (SSSR count). The fraction of sp³-hybridized carbons (Fsp3) is 0.550. The molecule has 2 heterocycles. The second kappa shape index (κ2) is 9.39. The van der Waals surface area contributed by atoms with Crippen molar-refractivity contribution >= 4 is 27.7 Å². The van der Waals surface area contributed by atoms with E-state index < -0.39 is 16.1 Å². The number of nitrogens with one attached hydrogen (secondary N) is 2. The quantitative estimate of drug-likeness (QED) is 0.663. The molecule has 1 atom stereocenters. The molecule has 1 aromatic carbocycles. The van der Waals surface area contributed by atoms with E-state index in [9.17, 15) is 18.0 Å². The fourth-order valence-electron chi connectivity index (χ4n) is 3.57. The first kappa shape index (κ1) is 21.3. The molecule has 1 aromatic rings. The van der Waals surface area contributed by atoms with Crippen LogP contribution < -0.4 is 10.0 Å². The molecule has 0 bridgehead atoms. The van der Waals surface area contributed by atoms with Crippen molar-refractivity contribution in [3.63, 3.8) is 0 Å². The van der Waals surface area contributed by atoms with Crippen LogP contribution in [0.4, 0.5) is 0 Å². The average Bonchev–Trinajstić information content (AvgIpc) is 3.32. The van der Waals surface area contributed by atoms with Gasteiger partial charge in [0.05, 0.1) is 4.90 Å². The van der Waals surface area contributed by atoms with Gasteiger partial charge in [0.25, 0.3) is 10.0 Å². The molecular weight excluding hydrogens is 392 g/mol. The number of fused-ring (bicyclic) bond motifs is 1. The molecule has 0 radical (unpaired) electrons. The molecule has 2 aliphatic rings. The van der Waals surface area contributed by atoms with Gasteiger partial charge in [0, 0.05) is 31.6 Å². The summed E-state index contributed by atoms with van der Waals surface area (Å²) < 4.78 is 27.0. The van der Waals surface area contributed by atoms with Crippen molar-refractivity contribution < 1.29 is 18.0 Å². The van der Waals surface area contributed by atoms with Crippen LogP contribution in [-0.4, -0.2) is 56.6 Å². The van der Waals surface area contributed by atoms with Crippen molar-refractivity contribution in [2.24, 2.45) is 4.99 Å². The van der Waals surface area contributed by atoms with Gasteiger partial charge in [0.2, 0.25) is 11.8 Å². The van der Waals surface area contributed by atoms with Gasteiger partial charge in [-0.2, -0.15) is 0 Å². The molecule has 158 valence electrons. The number of nitrogens with zero attached hydrogens (tertiary/aromatic N) is 2. The highest BCUT2D eigenvalue weighted by atomic mass is 32.2. The summed E-state index contributed by atoms with van der Waals surface area (Å²) >= 11 is 0. The number of likely N-dealkylation sites (tertiary alicyclic amines) is 1. The lowest BCUT2D eigenvalue weighted by Crippen LogP contribution is -2.38. The van der Waals surface area contributed by atoms with E-state index in [4.69, 9.17) is 0 Å². The molecule has 1 unspecified atom stereocenters. The predicted molar refractivity (Wildman–Crippen MR) is 110 cm³/mol. The number of unbranched alkanes of at least 4 members (excludes halogenated alkanes) is 1. The van der Waals surface area contributed by atoms with E-state index in [1.165, 1.54) is 6.07 Å². The first-order valence-corrected chi connectivity index (χ1v) is 11.7. The van der Waals surface area contributed by atoms with Crippen molar-refractivity contribution in [2.75, 3.05) is 19.6 Å². The molecule has 1 fully saturated rings. The summed E-state index contributed by atoms with van der Waals surface area (Å²) in [5, 5.41) is 2.79. The summed E-state index contributed by atoms with van der Waals surface area (Å²) in [6.07, 6.45) is 4.52. The number of carbonyl (C=O) groups excluding carboxylic acids is 2. The van der Waals surface area contributed by atoms with Crippen LogP contribution in [0.15, 0.2) is 34.2 Å². The maximum absolute atomic E-state index is 12.7. The smallest absolute Gasteiger partial charge is 0.263 e. The number of sulfonamides is 1. The van der Waals surface area contributed by atoms with Crippen LogP contribution in [0.2, 0.25) is 0 Å². The molecule has 0 aliphatic carbocycles. The second-order valence-corrected chi connectivity index (χ2v) is 9.02. The highest BCUT2D eigenvalue weighted by Gasteiger charge is 2.31. The van der Waals surface area contributed by atoms with Crippen molar-refractivity contribution in [3.8, 4) is 0 Å². The Labute approximate surface area is 171 Å². The van der Waals surface area contributed by atoms with E-state index in [1.54, 1.807) is 18.2 Å². The van der Waals surface area contributed by atoms with Crippen LogP contribution in [0.5, 0.6) is 0 Å². The van der Waals surface area contributed by atoms with Crippen molar-refractivity contribution in [2.45, 2.75) is 56.4 Å². The van der Waals surface area contributed by atoms with Gasteiger partial charge < -0.3 is 10.2 Å². The lowest BCUT2D eigenvalue weighted by atomic mass is 10.1. The van der Waals surface area contributed by atoms with Crippen LogP contribution in [0.25, 0.3) is 0 Å². The third-order valence-corrected chi connectivity index (χ3v) is 6.58. The minimum Gasteiger partial charge on any atom is -0.354 e. The molecule has 8 nitrogen and oxygen atoms in total. The Kier molecular flexibility index (Phi) is 6.89. The molecular formula is C20H28N4O4S. The highest BCUT2D eigenvalue weighted by molar-refractivity contribution is 7.90. The van der Waals surface area contributed by atoms with Gasteiger partial charge in [-0.05, 0) is 31.4 Å². The Morgan fingerprint density at radius 3 is 2.69 bits per heavy atom. The Morgan fingerprint density at radius 1 is 1.24 bits per heavy atom. The van der Waals surface area contributed by atoms with Crippen molar-refractivity contribution in [1.82, 2.24) is 14.9 Å². The predicted octanol–water partition coefficient (Wildman–Crippen LogP) is 1.41. The van der Waals surface area contributed by atoms with E-state index in [1.807, 2.05) is 11.8 Å². The molecule has 0 saturated carbocycles. The van der Waals surface area contributed by atoms with E-state index >= 15 is 0 Å². The topological polar surface area (TPSA) is 108 Å². The molecule has 29 heavy (non-hydrogen) atoms. The number of hydrogen-bond acceptors (Lipinski definition) is 5. The third-order valence-electron chi connectivity index (χ3n) is 5.18. The van der Waals surface area contributed by atoms with Crippen LogP contribution in [0.1, 0.15) is 51.0 Å². The Balaban J connectivity index is 1.67. The van der Waals surface area contributed by atoms with Gasteiger partial charge >= 0.3 is 0 Å². The van der Waals surface area contributed by atoms with E-state index in [0.29, 0.717) is 12.0 Å². The summed E-state index contributed by atoms with van der Waals surface area (Å²) in [7, 11) is -3.65. The summed E-state index contributed by atoms with van der Waals surface area (Å²) in [6.45, 7) is 3.85. The zero-order valence-electron chi connectivity index (χ0n) is 16.7. The zero-order valence-corrected chi connectivity index (χ0v) is 17.5. The van der Waals surface area contributed by atoms with Crippen molar-refractivity contribution in [3.05, 3.63) is 29.8 Å². The minimum atomic E-state index is -3.65. The highest BCUT2D eigenvalue weighted by Crippen LogP contribution is 2.23. The average molecular weight is 421 g/mol. The molecule has 0 spiro atoms. The summed E-state index contributed by atoms with van der Waals surface area (Å²) in [6, 6.07) is 5.88. The SMILES string of the molecule is CCCCC(N=C1NS(=O)(=O)c2ccccc21)C(=O)NCCC(=O)N1CCCC1. The van der Waals surface area contributed by atoms with Crippen LogP contribution in [-0.2, 0) is 19.6 Å². The van der Waals surface area contributed by atoms with Gasteiger partial charge in [-0.15, -0.1) is 0 Å². The molecule has 2 N–H and O–H groups in total. The van der Waals surface area contributed by atoms with Crippen LogP contribution >= 0.6 is 0 Å². The first-order valence-electron chi connectivity index (χ1n) is 10.2. The number of amides is 2. The molecule has 2 aliphatic heterocycles. The number of aliphatic imine (C=N–C) groups is 1. The van der Waals surface area contributed by atoms with Crippen LogP contribution in [0, 0.1) is 0 Å². The van der Waals surface area contributed by atoms with Crippen molar-refractivity contribution in [1.29, 1.82) is 0 Å². The standard InChI is InChI=1S/C20H28N4O4S/c1-2-3-9-16(20(26)21-12-11-18(25)24-13-6-7-14-24)22-19-15-8-4-5-10-17(15)29(27,28)23-19/h4-5,8,10,16H,2-3,6-7,9,11-14H2,1H3,(H,21,26)(H,22,23). The molecule has 2 amide bonds. The number of rotatable bonds is 8. The Bertz CT molecular complexity index is 891. The Hall–Kier alpha value is -2.42. The fourth-order valence-corrected chi connectivity index (χ4v) is 4.81. The van der Waals surface area contributed by atoms with E-state index in [-0.39, 0.29) is 35.5 Å². The van der Waals surface area contributed by atoms with Gasteiger partial charge in [-0.3, -0.25) is 19.3 Å². The maximum Gasteiger partial charge on any atom is 0.263 e. The lowest BCUT2D eigenvalue weighted by Gasteiger charge is -2.17. The second-order valence-electron chi connectivity index (χ2n) is 7.37. The summed E-state index contributed by atoms with van der Waals surface area (Å²) in [5.74, 6) is -0.0366. The normalized spacial score (nSPS) is 19.6. The lowest BCUT2D eigenvalue weighted by molar-refractivity contribution is -0.130. The van der Waals surface area contributed by atoms with Gasteiger partial charge in [-0.1, -0.05) is 31.9 Å². The largest absolute Gasteiger partial charge is 0.354 e. The monoisotopic (exact) mass is 420 g/mol. The minimum absolute atomic E-state index is 0.0525. The number of benzene rings is 1. The third kappa shape index (κ3) is 5.14. The van der Waals surface area contributed by atoms with Gasteiger partial charge in [0.1, 0.15) is 11.9 Å². The van der Waals surface area contributed by atoms with Gasteiger partial charge in [0.15, 0.2) is 0 Å². The molecule has 9 heteroatoms. The maximum atomic E-state index is 12.7. The van der Waals surface area contributed by atoms with E-state index in [2.05, 4.69) is 15.0 Å². The molecule has 1 saturated heterocycles. The number of carbonyl (C=O) groups is 2. The van der Waals surface area contributed by atoms with Crippen LogP contribution in [0.3, 0.4) is 0 Å². The first-order chi connectivity index (χ1) is 13.9.